The van der Waals surface area contributed by atoms with E-state index in [1.807, 2.05) is 12.1 Å². The molecule has 0 aliphatic carbocycles. The third-order valence-electron chi connectivity index (χ3n) is 4.51. The zero-order valence-electron chi connectivity index (χ0n) is 15.5. The summed E-state index contributed by atoms with van der Waals surface area (Å²) in [4.78, 5) is 20.8. The van der Waals surface area contributed by atoms with E-state index in [4.69, 9.17) is 32.4 Å². The van der Waals surface area contributed by atoms with Gasteiger partial charge in [-0.1, -0.05) is 29.3 Å². The highest BCUT2D eigenvalue weighted by atomic mass is 35.5. The van der Waals surface area contributed by atoms with Crippen LogP contribution in [0, 0.1) is 0 Å². The lowest BCUT2D eigenvalue weighted by molar-refractivity contribution is 0.0299. The van der Waals surface area contributed by atoms with Crippen LogP contribution in [-0.2, 0) is 17.8 Å². The summed E-state index contributed by atoms with van der Waals surface area (Å²) in [7, 11) is 0. The van der Waals surface area contributed by atoms with Crippen molar-refractivity contribution in [1.82, 2.24) is 14.8 Å². The number of oxazole rings is 1. The predicted molar refractivity (Wildman–Crippen MR) is 104 cm³/mol. The van der Waals surface area contributed by atoms with Gasteiger partial charge in [-0.15, -0.1) is 0 Å². The van der Waals surface area contributed by atoms with Crippen molar-refractivity contribution >= 4 is 29.1 Å². The van der Waals surface area contributed by atoms with E-state index in [0.29, 0.717) is 61.0 Å². The van der Waals surface area contributed by atoms with Crippen molar-refractivity contribution in [3.05, 3.63) is 51.7 Å². The van der Waals surface area contributed by atoms with Crippen molar-refractivity contribution in [3.63, 3.8) is 0 Å². The molecular weight excluding hydrogens is 389 g/mol. The lowest BCUT2D eigenvalue weighted by atomic mass is 10.2. The number of amides is 1. The Morgan fingerprint density at radius 2 is 1.96 bits per heavy atom. The number of rotatable bonds is 6. The van der Waals surface area contributed by atoms with Crippen molar-refractivity contribution in [2.75, 3.05) is 26.3 Å². The van der Waals surface area contributed by atoms with E-state index >= 15 is 0 Å². The summed E-state index contributed by atoms with van der Waals surface area (Å²) in [5.41, 5.74) is 1.39. The average Bonchev–Trinajstić information content (AvgIpc) is 3.13. The number of carbonyl (C=O) groups excluding carboxylic acids is 1. The van der Waals surface area contributed by atoms with E-state index < -0.39 is 0 Å². The zero-order valence-corrected chi connectivity index (χ0v) is 17.0. The first kappa shape index (κ1) is 20.1. The highest BCUT2D eigenvalue weighted by Crippen LogP contribution is 2.24. The second-order valence-corrected chi connectivity index (χ2v) is 7.59. The third-order valence-corrected chi connectivity index (χ3v) is 5.25. The number of nitrogens with zero attached hydrogens (tertiary/aromatic N) is 3. The number of aromatic nitrogens is 1. The van der Waals surface area contributed by atoms with Crippen molar-refractivity contribution in [2.24, 2.45) is 0 Å². The summed E-state index contributed by atoms with van der Waals surface area (Å²) >= 11 is 12.1. The maximum Gasteiger partial charge on any atom is 0.275 e. The fourth-order valence-electron chi connectivity index (χ4n) is 2.88. The molecule has 0 atom stereocenters. The zero-order chi connectivity index (χ0) is 19.4. The van der Waals surface area contributed by atoms with Crippen molar-refractivity contribution in [2.45, 2.75) is 33.0 Å². The summed E-state index contributed by atoms with van der Waals surface area (Å²) in [5, 5.41) is 1.07. The Kier molecular flexibility index (Phi) is 6.76. The minimum Gasteiger partial charge on any atom is -0.447 e. The molecule has 1 aliphatic heterocycles. The van der Waals surface area contributed by atoms with E-state index in [1.165, 1.54) is 6.26 Å². The summed E-state index contributed by atoms with van der Waals surface area (Å²) < 4.78 is 10.8. The Morgan fingerprint density at radius 1 is 1.22 bits per heavy atom. The molecule has 27 heavy (non-hydrogen) atoms. The lowest BCUT2D eigenvalue weighted by Gasteiger charge is -2.26. The fraction of sp³-hybridized carbons (Fsp3) is 0.474. The van der Waals surface area contributed by atoms with Gasteiger partial charge in [0.1, 0.15) is 6.26 Å². The summed E-state index contributed by atoms with van der Waals surface area (Å²) in [6.07, 6.45) is 1.44. The van der Waals surface area contributed by atoms with Crippen LogP contribution in [0.3, 0.4) is 0 Å². The molecule has 1 fully saturated rings. The molecule has 1 aromatic carbocycles. The largest absolute Gasteiger partial charge is 0.447 e. The van der Waals surface area contributed by atoms with Crippen LogP contribution in [-0.4, -0.2) is 53.0 Å². The maximum absolute atomic E-state index is 12.5. The van der Waals surface area contributed by atoms with Crippen LogP contribution in [0.1, 0.15) is 35.8 Å². The normalized spacial score (nSPS) is 15.0. The Balaban J connectivity index is 1.67. The van der Waals surface area contributed by atoms with Gasteiger partial charge < -0.3 is 14.1 Å². The van der Waals surface area contributed by atoms with Gasteiger partial charge in [-0.25, -0.2) is 4.98 Å². The van der Waals surface area contributed by atoms with Crippen molar-refractivity contribution in [3.8, 4) is 0 Å². The number of ether oxygens (including phenoxy) is 1. The third kappa shape index (κ3) is 5.23. The van der Waals surface area contributed by atoms with Gasteiger partial charge in [0.2, 0.25) is 5.89 Å². The highest BCUT2D eigenvalue weighted by Gasteiger charge is 2.22. The van der Waals surface area contributed by atoms with Crippen LogP contribution < -0.4 is 0 Å². The molecule has 2 aromatic rings. The van der Waals surface area contributed by atoms with E-state index in [2.05, 4.69) is 23.7 Å². The van der Waals surface area contributed by atoms with Crippen LogP contribution in [0.25, 0.3) is 0 Å². The monoisotopic (exact) mass is 411 g/mol. The number of hydrogen-bond acceptors (Lipinski definition) is 5. The van der Waals surface area contributed by atoms with E-state index in [1.54, 1.807) is 11.0 Å². The molecule has 146 valence electrons. The molecule has 6 nitrogen and oxygen atoms in total. The van der Waals surface area contributed by atoms with Crippen molar-refractivity contribution in [1.29, 1.82) is 0 Å². The van der Waals surface area contributed by atoms with Crippen LogP contribution in [0.2, 0.25) is 10.0 Å². The molecule has 0 bridgehead atoms. The molecule has 3 rings (SSSR count). The Hall–Kier alpha value is -1.60. The van der Waals surface area contributed by atoms with Crippen LogP contribution in [0.15, 0.2) is 28.9 Å². The highest BCUT2D eigenvalue weighted by molar-refractivity contribution is 6.42. The van der Waals surface area contributed by atoms with E-state index in [-0.39, 0.29) is 11.9 Å². The first-order valence-corrected chi connectivity index (χ1v) is 9.69. The smallest absolute Gasteiger partial charge is 0.275 e. The number of morpholine rings is 1. The standard InChI is InChI=1S/C19H23Cl2N3O3/c1-13(2)24(10-14-3-4-15(20)16(21)9-14)11-18-22-17(12-27-18)19(25)23-5-7-26-8-6-23/h3-4,9,12-13H,5-8,10-11H2,1-2H3. The molecule has 0 unspecified atom stereocenters. The number of carbonyl (C=O) groups is 1. The summed E-state index contributed by atoms with van der Waals surface area (Å²) in [6, 6.07) is 5.86. The van der Waals surface area contributed by atoms with Gasteiger partial charge in [0.05, 0.1) is 29.8 Å². The minimum atomic E-state index is -0.117. The van der Waals surface area contributed by atoms with Gasteiger partial charge in [0.25, 0.3) is 5.91 Å². The quantitative estimate of drug-likeness (QED) is 0.721. The second-order valence-electron chi connectivity index (χ2n) is 6.78. The van der Waals surface area contributed by atoms with Crippen LogP contribution in [0.4, 0.5) is 0 Å². The molecule has 1 amide bonds. The molecule has 0 N–H and O–H groups in total. The first-order valence-electron chi connectivity index (χ1n) is 8.93. The Morgan fingerprint density at radius 3 is 2.63 bits per heavy atom. The molecule has 8 heteroatoms. The molecule has 0 spiro atoms. The predicted octanol–water partition coefficient (Wildman–Crippen LogP) is 3.86. The molecule has 2 heterocycles. The number of halogens is 2. The number of benzene rings is 1. The minimum absolute atomic E-state index is 0.117. The summed E-state index contributed by atoms with van der Waals surface area (Å²) in [6.45, 7) is 7.63. The fourth-order valence-corrected chi connectivity index (χ4v) is 3.20. The molecule has 0 radical (unpaired) electrons. The van der Waals surface area contributed by atoms with Gasteiger partial charge in [-0.2, -0.15) is 0 Å². The maximum atomic E-state index is 12.5. The second kappa shape index (κ2) is 9.06. The molecule has 1 aliphatic rings. The lowest BCUT2D eigenvalue weighted by Crippen LogP contribution is -2.40. The SMILES string of the molecule is CC(C)N(Cc1ccc(Cl)c(Cl)c1)Cc1nc(C(=O)N2CCOCC2)co1. The van der Waals surface area contributed by atoms with Gasteiger partial charge >= 0.3 is 0 Å². The average molecular weight is 412 g/mol. The Bertz CT molecular complexity index is 788. The van der Waals surface area contributed by atoms with Gasteiger partial charge in [-0.05, 0) is 31.5 Å². The molecular formula is C19H23Cl2N3O3. The van der Waals surface area contributed by atoms with Crippen LogP contribution >= 0.6 is 23.2 Å². The van der Waals surface area contributed by atoms with Crippen LogP contribution in [0.5, 0.6) is 0 Å². The van der Waals surface area contributed by atoms with Gasteiger partial charge in [0.15, 0.2) is 5.69 Å². The van der Waals surface area contributed by atoms with Gasteiger partial charge in [0, 0.05) is 25.7 Å². The molecule has 1 saturated heterocycles. The Labute approximate surface area is 169 Å². The molecule has 0 saturated carbocycles. The topological polar surface area (TPSA) is 58.8 Å². The number of hydrogen-bond donors (Lipinski definition) is 0. The van der Waals surface area contributed by atoms with Crippen molar-refractivity contribution < 1.29 is 13.9 Å². The molecule has 1 aromatic heterocycles. The van der Waals surface area contributed by atoms with E-state index in [9.17, 15) is 4.79 Å². The van der Waals surface area contributed by atoms with E-state index in [0.717, 1.165) is 5.56 Å². The first-order chi connectivity index (χ1) is 12.9. The van der Waals surface area contributed by atoms with Gasteiger partial charge in [-0.3, -0.25) is 9.69 Å². The summed E-state index contributed by atoms with van der Waals surface area (Å²) in [5.74, 6) is 0.397.